The minimum absolute atomic E-state index is 0.00209. The van der Waals surface area contributed by atoms with E-state index in [-0.39, 0.29) is 28.4 Å². The molecule has 0 saturated heterocycles. The first-order chi connectivity index (χ1) is 16.4. The van der Waals surface area contributed by atoms with Crippen LogP contribution in [-0.2, 0) is 34.0 Å². The number of nitrogens with zero attached hydrogens (tertiary/aromatic N) is 1. The summed E-state index contributed by atoms with van der Waals surface area (Å²) in [5.41, 5.74) is -0.555. The van der Waals surface area contributed by atoms with Crippen molar-refractivity contribution in [3.05, 3.63) is 83.4 Å². The van der Waals surface area contributed by atoms with Crippen LogP contribution in [0.4, 0.5) is 13.2 Å². The molecule has 0 atom stereocenters. The number of sulfonamides is 1. The number of rotatable bonds is 9. The smallest absolute Gasteiger partial charge is 0.416 e. The van der Waals surface area contributed by atoms with E-state index in [4.69, 9.17) is 14.6 Å². The Balaban J connectivity index is 1.95. The lowest BCUT2D eigenvalue weighted by atomic mass is 10.1. The molecule has 11 heteroatoms. The molecule has 0 spiro atoms. The van der Waals surface area contributed by atoms with E-state index in [1.54, 1.807) is 12.1 Å². The molecule has 0 aliphatic rings. The van der Waals surface area contributed by atoms with Crippen LogP contribution in [0, 0.1) is 0 Å². The van der Waals surface area contributed by atoms with Crippen molar-refractivity contribution in [2.24, 2.45) is 0 Å². The van der Waals surface area contributed by atoms with Crippen LogP contribution in [0.1, 0.15) is 16.7 Å². The van der Waals surface area contributed by atoms with E-state index in [1.807, 2.05) is 0 Å². The quantitative estimate of drug-likeness (QED) is 0.439. The van der Waals surface area contributed by atoms with Gasteiger partial charge in [0.2, 0.25) is 10.0 Å². The van der Waals surface area contributed by atoms with Crippen LogP contribution in [0.3, 0.4) is 0 Å². The van der Waals surface area contributed by atoms with Crippen molar-refractivity contribution in [1.29, 1.82) is 0 Å². The summed E-state index contributed by atoms with van der Waals surface area (Å²) in [6.07, 6.45) is -4.91. The lowest BCUT2D eigenvalue weighted by molar-refractivity contribution is -0.138. The van der Waals surface area contributed by atoms with E-state index in [2.05, 4.69) is 0 Å². The summed E-state index contributed by atoms with van der Waals surface area (Å²) >= 11 is 0. The van der Waals surface area contributed by atoms with E-state index in [1.165, 1.54) is 50.6 Å². The standard InChI is InChI=1S/C24H22F3NO6S/c1-28(35(31,32)21-9-7-19(33-2)8-10-21)15-17-14-18(24(25,26)27)6-11-22(17)34-20-5-3-4-16(12-20)13-23(29)30/h3-12,14H,13,15H2,1-2H3,(H,29,30). The van der Waals surface area contributed by atoms with Gasteiger partial charge in [-0.1, -0.05) is 12.1 Å². The molecule has 0 fully saturated rings. The summed E-state index contributed by atoms with van der Waals surface area (Å²) in [7, 11) is -1.36. The fourth-order valence-electron chi connectivity index (χ4n) is 3.25. The number of aliphatic carboxylic acids is 1. The maximum Gasteiger partial charge on any atom is 0.416 e. The Morgan fingerprint density at radius 3 is 2.29 bits per heavy atom. The van der Waals surface area contributed by atoms with Gasteiger partial charge < -0.3 is 14.6 Å². The average Bonchev–Trinajstić information content (AvgIpc) is 2.79. The molecule has 0 aliphatic carbocycles. The molecule has 3 aromatic carbocycles. The van der Waals surface area contributed by atoms with Crippen molar-refractivity contribution < 1.29 is 41.0 Å². The molecule has 3 rings (SSSR count). The second-order valence-corrected chi connectivity index (χ2v) is 9.62. The molecule has 0 aromatic heterocycles. The van der Waals surface area contributed by atoms with E-state index < -0.39 is 34.3 Å². The number of hydrogen-bond donors (Lipinski definition) is 1. The summed E-state index contributed by atoms with van der Waals surface area (Å²) in [4.78, 5) is 10.9. The zero-order valence-electron chi connectivity index (χ0n) is 18.7. The molecule has 1 N–H and O–H groups in total. The van der Waals surface area contributed by atoms with Gasteiger partial charge in [-0.15, -0.1) is 0 Å². The van der Waals surface area contributed by atoms with Crippen molar-refractivity contribution in [3.8, 4) is 17.2 Å². The maximum atomic E-state index is 13.4. The van der Waals surface area contributed by atoms with E-state index in [0.29, 0.717) is 11.3 Å². The Morgan fingerprint density at radius 1 is 1.00 bits per heavy atom. The van der Waals surface area contributed by atoms with Crippen LogP contribution in [0.25, 0.3) is 0 Å². The predicted octanol–water partition coefficient (Wildman–Crippen LogP) is 4.95. The zero-order chi connectivity index (χ0) is 25.8. The molecule has 0 unspecified atom stereocenters. The van der Waals surface area contributed by atoms with Gasteiger partial charge in [0.25, 0.3) is 0 Å². The molecule has 0 radical (unpaired) electrons. The fraction of sp³-hybridized carbons (Fsp3) is 0.208. The number of halogens is 3. The molecule has 7 nitrogen and oxygen atoms in total. The molecule has 0 aliphatic heterocycles. The lowest BCUT2D eigenvalue weighted by Crippen LogP contribution is -2.27. The molecule has 0 bridgehead atoms. The second-order valence-electron chi connectivity index (χ2n) is 7.58. The molecular weight excluding hydrogens is 487 g/mol. The average molecular weight is 510 g/mol. The second kappa shape index (κ2) is 10.4. The first-order valence-electron chi connectivity index (χ1n) is 10.2. The van der Waals surface area contributed by atoms with Gasteiger partial charge in [0.15, 0.2) is 0 Å². The van der Waals surface area contributed by atoms with Gasteiger partial charge >= 0.3 is 12.1 Å². The summed E-state index contributed by atoms with van der Waals surface area (Å²) in [6.45, 7) is -0.414. The van der Waals surface area contributed by atoms with Crippen molar-refractivity contribution in [2.45, 2.75) is 24.0 Å². The van der Waals surface area contributed by atoms with Gasteiger partial charge in [-0.2, -0.15) is 17.5 Å². The first-order valence-corrected chi connectivity index (χ1v) is 11.6. The van der Waals surface area contributed by atoms with Gasteiger partial charge in [0.05, 0.1) is 24.0 Å². The normalized spacial score (nSPS) is 11.9. The molecule has 0 amide bonds. The van der Waals surface area contributed by atoms with Crippen LogP contribution >= 0.6 is 0 Å². The fourth-order valence-corrected chi connectivity index (χ4v) is 4.40. The van der Waals surface area contributed by atoms with Crippen LogP contribution in [0.15, 0.2) is 71.6 Å². The number of carboxylic acids is 1. The minimum Gasteiger partial charge on any atom is -0.497 e. The molecule has 186 valence electrons. The van der Waals surface area contributed by atoms with Crippen molar-refractivity contribution in [2.75, 3.05) is 14.2 Å². The van der Waals surface area contributed by atoms with Crippen molar-refractivity contribution >= 4 is 16.0 Å². The molecule has 0 saturated carbocycles. The van der Waals surface area contributed by atoms with Gasteiger partial charge in [-0.3, -0.25) is 4.79 Å². The number of ether oxygens (including phenoxy) is 2. The van der Waals surface area contributed by atoms with Gasteiger partial charge in [0, 0.05) is 19.2 Å². The van der Waals surface area contributed by atoms with E-state index in [0.717, 1.165) is 22.5 Å². The number of alkyl halides is 3. The first kappa shape index (κ1) is 26.0. The predicted molar refractivity (Wildman–Crippen MR) is 121 cm³/mol. The van der Waals surface area contributed by atoms with Gasteiger partial charge in [0.1, 0.15) is 17.2 Å². The van der Waals surface area contributed by atoms with Crippen LogP contribution in [-0.4, -0.2) is 38.0 Å². The minimum atomic E-state index is -4.65. The highest BCUT2D eigenvalue weighted by atomic mass is 32.2. The van der Waals surface area contributed by atoms with Gasteiger partial charge in [-0.05, 0) is 60.2 Å². The number of carboxylic acid groups (broad SMARTS) is 1. The largest absolute Gasteiger partial charge is 0.497 e. The van der Waals surface area contributed by atoms with Crippen LogP contribution in [0.5, 0.6) is 17.2 Å². The third-order valence-corrected chi connectivity index (χ3v) is 6.85. The molecular formula is C24H22F3NO6S. The summed E-state index contributed by atoms with van der Waals surface area (Å²) in [5, 5.41) is 8.98. The summed E-state index contributed by atoms with van der Waals surface area (Å²) < 4.78 is 77.8. The Morgan fingerprint density at radius 2 is 1.69 bits per heavy atom. The van der Waals surface area contributed by atoms with Crippen LogP contribution < -0.4 is 9.47 Å². The Kier molecular flexibility index (Phi) is 7.71. The van der Waals surface area contributed by atoms with Crippen LogP contribution in [0.2, 0.25) is 0 Å². The maximum absolute atomic E-state index is 13.4. The zero-order valence-corrected chi connectivity index (χ0v) is 19.6. The Bertz CT molecular complexity index is 1310. The highest BCUT2D eigenvalue weighted by Gasteiger charge is 2.32. The third-order valence-electron chi connectivity index (χ3n) is 5.03. The lowest BCUT2D eigenvalue weighted by Gasteiger charge is -2.20. The Hall–Kier alpha value is -3.57. The number of hydrogen-bond acceptors (Lipinski definition) is 5. The highest BCUT2D eigenvalue weighted by Crippen LogP contribution is 2.35. The van der Waals surface area contributed by atoms with E-state index >= 15 is 0 Å². The molecule has 35 heavy (non-hydrogen) atoms. The number of benzene rings is 3. The molecule has 3 aromatic rings. The summed E-state index contributed by atoms with van der Waals surface area (Å²) in [5.74, 6) is -0.402. The molecule has 0 heterocycles. The number of methoxy groups -OCH3 is 1. The SMILES string of the molecule is COc1ccc(S(=O)(=O)N(C)Cc2cc(C(F)(F)F)ccc2Oc2cccc(CC(=O)O)c2)cc1. The highest BCUT2D eigenvalue weighted by molar-refractivity contribution is 7.89. The van der Waals surface area contributed by atoms with Crippen molar-refractivity contribution in [3.63, 3.8) is 0 Å². The van der Waals surface area contributed by atoms with Gasteiger partial charge in [-0.25, -0.2) is 8.42 Å². The topological polar surface area (TPSA) is 93.1 Å². The Labute approximate surface area is 200 Å². The summed E-state index contributed by atoms with van der Waals surface area (Å²) in [6, 6.07) is 14.5. The number of carbonyl (C=O) groups is 1. The van der Waals surface area contributed by atoms with E-state index in [9.17, 15) is 26.4 Å². The monoisotopic (exact) mass is 509 g/mol. The van der Waals surface area contributed by atoms with Crippen molar-refractivity contribution in [1.82, 2.24) is 4.31 Å². The third kappa shape index (κ3) is 6.52.